The number of nitrogens with one attached hydrogen (secondary N) is 1. The topological polar surface area (TPSA) is 80.1 Å². The Labute approximate surface area is 165 Å². The van der Waals surface area contributed by atoms with Crippen LogP contribution >= 0.6 is 0 Å². The van der Waals surface area contributed by atoms with Crippen LogP contribution in [0.15, 0.2) is 36.7 Å². The lowest BCUT2D eigenvalue weighted by atomic mass is 10.1. The van der Waals surface area contributed by atoms with Crippen molar-refractivity contribution in [2.24, 2.45) is 0 Å². The van der Waals surface area contributed by atoms with E-state index in [4.69, 9.17) is 0 Å². The zero-order valence-corrected chi connectivity index (χ0v) is 15.7. The number of aromatic nitrogens is 3. The van der Waals surface area contributed by atoms with Crippen molar-refractivity contribution in [1.82, 2.24) is 25.0 Å². The van der Waals surface area contributed by atoms with Gasteiger partial charge in [-0.25, -0.2) is 9.67 Å². The highest BCUT2D eigenvalue weighted by molar-refractivity contribution is 5.94. The standard InChI is InChI=1S/C19H20F3N5O2/c1-2-15-10-27-16(24-12-25-27)11-26(15)18(29)9-23-17(28)8-5-13-3-6-14(7-4-13)19(20,21)22/h3-8,12,15H,2,9-11H2,1H3,(H,23,28)/b8-5+. The molecule has 1 atom stereocenters. The predicted molar refractivity (Wildman–Crippen MR) is 98.1 cm³/mol. The summed E-state index contributed by atoms with van der Waals surface area (Å²) in [4.78, 5) is 30.3. The predicted octanol–water partition coefficient (Wildman–Crippen LogP) is 2.25. The summed E-state index contributed by atoms with van der Waals surface area (Å²) in [6.07, 6.45) is 0.354. The lowest BCUT2D eigenvalue weighted by Gasteiger charge is -2.34. The Balaban J connectivity index is 1.53. The number of hydrogen-bond acceptors (Lipinski definition) is 4. The van der Waals surface area contributed by atoms with Crippen LogP contribution in [0.1, 0.15) is 30.3 Å². The fraction of sp³-hybridized carbons (Fsp3) is 0.368. The Morgan fingerprint density at radius 3 is 2.66 bits per heavy atom. The van der Waals surface area contributed by atoms with Crippen LogP contribution in [0.4, 0.5) is 13.2 Å². The summed E-state index contributed by atoms with van der Waals surface area (Å²) in [5.74, 6) is -0.0505. The van der Waals surface area contributed by atoms with Gasteiger partial charge in [-0.1, -0.05) is 19.1 Å². The van der Waals surface area contributed by atoms with Gasteiger partial charge in [0, 0.05) is 6.08 Å². The molecule has 3 rings (SSSR count). The smallest absolute Gasteiger partial charge is 0.343 e. The molecule has 7 nitrogen and oxygen atoms in total. The number of benzene rings is 1. The number of amides is 2. The zero-order valence-electron chi connectivity index (χ0n) is 15.7. The fourth-order valence-corrected chi connectivity index (χ4v) is 3.06. The van der Waals surface area contributed by atoms with Crippen LogP contribution in [-0.2, 0) is 28.9 Å². The summed E-state index contributed by atoms with van der Waals surface area (Å²) in [5.41, 5.74) is -0.312. The summed E-state index contributed by atoms with van der Waals surface area (Å²) in [5, 5.41) is 6.63. The Bertz CT molecular complexity index is 905. The number of alkyl halides is 3. The maximum atomic E-state index is 12.6. The first kappa shape index (κ1) is 20.6. The first-order valence-corrected chi connectivity index (χ1v) is 9.07. The molecule has 0 fully saturated rings. The molecule has 0 saturated heterocycles. The highest BCUT2D eigenvalue weighted by Gasteiger charge is 2.30. The van der Waals surface area contributed by atoms with Crippen LogP contribution < -0.4 is 5.32 Å². The van der Waals surface area contributed by atoms with E-state index in [1.807, 2.05) is 6.92 Å². The number of carbonyl (C=O) groups excluding carboxylic acids is 2. The third kappa shape index (κ3) is 5.01. The lowest BCUT2D eigenvalue weighted by Crippen LogP contribution is -2.49. The summed E-state index contributed by atoms with van der Waals surface area (Å²) >= 11 is 0. The van der Waals surface area contributed by atoms with Gasteiger partial charge >= 0.3 is 6.18 Å². The van der Waals surface area contributed by atoms with E-state index in [0.717, 1.165) is 18.6 Å². The van der Waals surface area contributed by atoms with Crippen LogP contribution in [0.25, 0.3) is 6.08 Å². The molecule has 0 bridgehead atoms. The van der Waals surface area contributed by atoms with Gasteiger partial charge in [-0.05, 0) is 30.2 Å². The number of hydrogen-bond donors (Lipinski definition) is 1. The molecule has 0 saturated carbocycles. The Morgan fingerprint density at radius 1 is 1.28 bits per heavy atom. The van der Waals surface area contributed by atoms with E-state index < -0.39 is 17.6 Å². The molecule has 1 N–H and O–H groups in total. The van der Waals surface area contributed by atoms with Crippen molar-refractivity contribution in [3.05, 3.63) is 53.6 Å². The molecule has 0 aliphatic carbocycles. The molecule has 0 spiro atoms. The van der Waals surface area contributed by atoms with Crippen LogP contribution in [0, 0.1) is 0 Å². The van der Waals surface area contributed by atoms with Gasteiger partial charge < -0.3 is 10.2 Å². The van der Waals surface area contributed by atoms with Gasteiger partial charge in [-0.15, -0.1) is 0 Å². The van der Waals surface area contributed by atoms with E-state index in [1.165, 1.54) is 30.6 Å². The average molecular weight is 407 g/mol. The second-order valence-electron chi connectivity index (χ2n) is 6.61. The van der Waals surface area contributed by atoms with E-state index in [2.05, 4.69) is 15.4 Å². The highest BCUT2D eigenvalue weighted by atomic mass is 19.4. The van der Waals surface area contributed by atoms with Crippen LogP contribution in [0.5, 0.6) is 0 Å². The van der Waals surface area contributed by atoms with Crippen molar-refractivity contribution in [3.63, 3.8) is 0 Å². The van der Waals surface area contributed by atoms with Crippen molar-refractivity contribution < 1.29 is 22.8 Å². The van der Waals surface area contributed by atoms with Crippen LogP contribution in [0.3, 0.4) is 0 Å². The molecule has 154 valence electrons. The number of rotatable bonds is 5. The van der Waals surface area contributed by atoms with Crippen molar-refractivity contribution >= 4 is 17.9 Å². The first-order chi connectivity index (χ1) is 13.8. The van der Waals surface area contributed by atoms with Gasteiger partial charge in [0.05, 0.1) is 31.2 Å². The van der Waals surface area contributed by atoms with E-state index in [9.17, 15) is 22.8 Å². The van der Waals surface area contributed by atoms with Gasteiger partial charge in [-0.2, -0.15) is 18.3 Å². The summed E-state index contributed by atoms with van der Waals surface area (Å²) in [7, 11) is 0. The molecule has 2 amide bonds. The van der Waals surface area contributed by atoms with Crippen molar-refractivity contribution in [3.8, 4) is 0 Å². The fourth-order valence-electron chi connectivity index (χ4n) is 3.06. The first-order valence-electron chi connectivity index (χ1n) is 9.07. The number of halogens is 3. The quantitative estimate of drug-likeness (QED) is 0.771. The van der Waals surface area contributed by atoms with Crippen LogP contribution in [0.2, 0.25) is 0 Å². The molecule has 0 radical (unpaired) electrons. The van der Waals surface area contributed by atoms with Crippen molar-refractivity contribution in [1.29, 1.82) is 0 Å². The third-order valence-corrected chi connectivity index (χ3v) is 4.70. The van der Waals surface area contributed by atoms with Gasteiger partial charge in [0.25, 0.3) is 0 Å². The molecule has 1 aliphatic rings. The molecule has 2 aromatic rings. The van der Waals surface area contributed by atoms with Gasteiger partial charge in [0.15, 0.2) is 0 Å². The molecular formula is C19H20F3N5O2. The number of fused-ring (bicyclic) bond motifs is 1. The van der Waals surface area contributed by atoms with E-state index >= 15 is 0 Å². The second kappa shape index (κ2) is 8.46. The van der Waals surface area contributed by atoms with Crippen molar-refractivity contribution in [2.45, 2.75) is 38.7 Å². The Kier molecular flexibility index (Phi) is 6.00. The largest absolute Gasteiger partial charge is 0.416 e. The van der Waals surface area contributed by atoms with Gasteiger partial charge in [-0.3, -0.25) is 9.59 Å². The molecule has 1 aromatic heterocycles. The maximum Gasteiger partial charge on any atom is 0.416 e. The monoisotopic (exact) mass is 407 g/mol. The molecule has 10 heteroatoms. The molecule has 1 unspecified atom stereocenters. The lowest BCUT2D eigenvalue weighted by molar-refractivity contribution is -0.137. The summed E-state index contributed by atoms with van der Waals surface area (Å²) in [6, 6.07) is 4.40. The van der Waals surface area contributed by atoms with E-state index in [-0.39, 0.29) is 18.5 Å². The molecule has 1 aliphatic heterocycles. The third-order valence-electron chi connectivity index (χ3n) is 4.70. The normalized spacial score (nSPS) is 16.7. The number of carbonyl (C=O) groups is 2. The highest BCUT2D eigenvalue weighted by Crippen LogP contribution is 2.29. The van der Waals surface area contributed by atoms with Crippen LogP contribution in [-0.4, -0.2) is 44.1 Å². The minimum absolute atomic E-state index is 0.0312. The maximum absolute atomic E-state index is 12.6. The van der Waals surface area contributed by atoms with E-state index in [0.29, 0.717) is 24.5 Å². The average Bonchev–Trinajstić information content (AvgIpc) is 3.16. The minimum atomic E-state index is -4.40. The molecular weight excluding hydrogens is 387 g/mol. The molecule has 1 aromatic carbocycles. The van der Waals surface area contributed by atoms with Gasteiger partial charge in [0.1, 0.15) is 12.2 Å². The SMILES string of the molecule is CCC1Cn2ncnc2CN1C(=O)CNC(=O)/C=C/c1ccc(C(F)(F)F)cc1. The second-order valence-corrected chi connectivity index (χ2v) is 6.61. The minimum Gasteiger partial charge on any atom is -0.343 e. The Morgan fingerprint density at radius 2 is 2.00 bits per heavy atom. The summed E-state index contributed by atoms with van der Waals surface area (Å²) < 4.78 is 39.4. The Hall–Kier alpha value is -3.17. The zero-order chi connectivity index (χ0) is 21.0. The summed E-state index contributed by atoms with van der Waals surface area (Å²) in [6.45, 7) is 2.67. The molecule has 29 heavy (non-hydrogen) atoms. The van der Waals surface area contributed by atoms with E-state index in [1.54, 1.807) is 9.58 Å². The molecule has 2 heterocycles. The van der Waals surface area contributed by atoms with Gasteiger partial charge in [0.2, 0.25) is 11.8 Å². The van der Waals surface area contributed by atoms with Crippen molar-refractivity contribution in [2.75, 3.05) is 6.54 Å². The number of nitrogens with zero attached hydrogens (tertiary/aromatic N) is 4.